The summed E-state index contributed by atoms with van der Waals surface area (Å²) in [5.41, 5.74) is 0. The van der Waals surface area contributed by atoms with Crippen LogP contribution >= 0.6 is 0 Å². The second-order valence-electron chi connectivity index (χ2n) is 22.4. The molecule has 0 aromatic heterocycles. The van der Waals surface area contributed by atoms with Crippen molar-refractivity contribution in [1.29, 1.82) is 0 Å². The largest absolute Gasteiger partial charge is 0.466 e. The molecule has 0 bridgehead atoms. The molecule has 2 unspecified atom stereocenters. The fourth-order valence-electron chi connectivity index (χ4n) is 9.93. The van der Waals surface area contributed by atoms with E-state index in [2.05, 4.69) is 67.8 Å². The minimum atomic E-state index is -0.844. The fraction of sp³-hybridized carbons (Fsp3) is 0.826. The average molecular weight is 1050 g/mol. The van der Waals surface area contributed by atoms with Crippen LogP contribution in [0.3, 0.4) is 0 Å². The first kappa shape index (κ1) is 72.6. The molecule has 0 aliphatic heterocycles. The van der Waals surface area contributed by atoms with Gasteiger partial charge >= 0.3 is 5.97 Å². The molecule has 0 aromatic rings. The van der Waals surface area contributed by atoms with Gasteiger partial charge in [0.15, 0.2) is 0 Å². The summed E-state index contributed by atoms with van der Waals surface area (Å²) in [4.78, 5) is 24.5. The van der Waals surface area contributed by atoms with Crippen molar-refractivity contribution in [2.24, 2.45) is 0 Å². The molecule has 6 heteroatoms. The number of hydrogen-bond donors (Lipinski definition) is 3. The molecule has 0 aliphatic carbocycles. The molecule has 0 aromatic carbocycles. The highest BCUT2D eigenvalue weighted by molar-refractivity contribution is 5.76. The number of aliphatic hydroxyl groups excluding tert-OH is 2. The predicted molar refractivity (Wildman–Crippen MR) is 328 cm³/mol. The summed E-state index contributed by atoms with van der Waals surface area (Å²) >= 11 is 0. The molecule has 3 N–H and O–H groups in total. The standard InChI is InChI=1S/C69H127NO5/c1-3-5-7-9-11-13-15-17-35-39-43-47-51-55-59-63-69(74)75-64-60-56-52-48-44-40-37-34-32-30-28-26-24-22-20-18-19-21-23-25-27-29-31-33-36-38-42-46-50-54-58-62-68(73)70-66(65-71)67(72)61-57-53-49-45-41-16-14-12-10-8-6-4-2/h11,13,17,20,22,26,28,35,57,61,66-67,71-72H,3-10,12,14-16,18-19,21,23-25,27,29-34,36-56,58-60,62-65H2,1-2H3,(H,70,73)/b13-11-,22-20-,28-26-,35-17-,61-57+. The average Bonchev–Trinajstić information content (AvgIpc) is 3.41. The van der Waals surface area contributed by atoms with Gasteiger partial charge in [-0.25, -0.2) is 0 Å². The topological polar surface area (TPSA) is 95.9 Å². The normalized spacial score (nSPS) is 13.0. The molecule has 438 valence electrons. The van der Waals surface area contributed by atoms with Gasteiger partial charge in [-0.2, -0.15) is 0 Å². The van der Waals surface area contributed by atoms with E-state index < -0.39 is 12.1 Å². The van der Waals surface area contributed by atoms with E-state index in [1.165, 1.54) is 257 Å². The van der Waals surface area contributed by atoms with Gasteiger partial charge < -0.3 is 20.3 Å². The number of nitrogens with one attached hydrogen (secondary N) is 1. The monoisotopic (exact) mass is 1050 g/mol. The molecule has 75 heavy (non-hydrogen) atoms. The van der Waals surface area contributed by atoms with Gasteiger partial charge in [-0.05, 0) is 96.3 Å². The van der Waals surface area contributed by atoms with Gasteiger partial charge in [0.2, 0.25) is 5.91 Å². The Balaban J connectivity index is 3.41. The van der Waals surface area contributed by atoms with Crippen LogP contribution in [0.15, 0.2) is 60.8 Å². The molecular formula is C69H127NO5. The lowest BCUT2D eigenvalue weighted by molar-refractivity contribution is -0.143. The first-order chi connectivity index (χ1) is 37.0. The number of esters is 1. The van der Waals surface area contributed by atoms with Crippen LogP contribution in [0.1, 0.15) is 341 Å². The number of carbonyl (C=O) groups is 2. The summed E-state index contributed by atoms with van der Waals surface area (Å²) in [6, 6.07) is -0.627. The predicted octanol–water partition coefficient (Wildman–Crippen LogP) is 21.1. The van der Waals surface area contributed by atoms with Gasteiger partial charge in [0, 0.05) is 12.8 Å². The maximum atomic E-state index is 12.4. The fourth-order valence-corrected chi connectivity index (χ4v) is 9.93. The second kappa shape index (κ2) is 64.1. The van der Waals surface area contributed by atoms with Crippen molar-refractivity contribution >= 4 is 11.9 Å². The highest BCUT2D eigenvalue weighted by Gasteiger charge is 2.18. The molecule has 0 radical (unpaired) electrons. The molecule has 0 aliphatic rings. The number of allylic oxidation sites excluding steroid dienone is 9. The van der Waals surface area contributed by atoms with Crippen molar-refractivity contribution in [3.05, 3.63) is 60.8 Å². The number of rotatable bonds is 61. The van der Waals surface area contributed by atoms with Crippen molar-refractivity contribution in [3.63, 3.8) is 0 Å². The lowest BCUT2D eigenvalue weighted by Crippen LogP contribution is -2.45. The Kier molecular flexibility index (Phi) is 62.0. The summed E-state index contributed by atoms with van der Waals surface area (Å²) in [6.07, 6.45) is 84.3. The molecule has 0 heterocycles. The van der Waals surface area contributed by atoms with E-state index >= 15 is 0 Å². The molecule has 2 atom stereocenters. The lowest BCUT2D eigenvalue weighted by atomic mass is 10.0. The van der Waals surface area contributed by atoms with Crippen LogP contribution < -0.4 is 5.32 Å². The van der Waals surface area contributed by atoms with Crippen molar-refractivity contribution in [2.75, 3.05) is 13.2 Å². The summed E-state index contributed by atoms with van der Waals surface area (Å²) in [5, 5.41) is 23.1. The third kappa shape index (κ3) is 60.6. The minimum absolute atomic E-state index is 0.00163. The van der Waals surface area contributed by atoms with E-state index in [9.17, 15) is 19.8 Å². The Morgan fingerprint density at radius 3 is 1.04 bits per heavy atom. The lowest BCUT2D eigenvalue weighted by Gasteiger charge is -2.20. The third-order valence-electron chi connectivity index (χ3n) is 15.0. The maximum absolute atomic E-state index is 12.4. The Bertz CT molecular complexity index is 1300. The number of ether oxygens (including phenoxy) is 1. The van der Waals surface area contributed by atoms with Gasteiger partial charge in [0.1, 0.15) is 0 Å². The molecular weight excluding hydrogens is 923 g/mol. The van der Waals surface area contributed by atoms with E-state index in [1.54, 1.807) is 6.08 Å². The molecule has 0 rings (SSSR count). The second-order valence-corrected chi connectivity index (χ2v) is 22.4. The number of amides is 1. The Hall–Kier alpha value is -2.44. The number of carbonyl (C=O) groups excluding carboxylic acids is 2. The first-order valence-electron chi connectivity index (χ1n) is 33.1. The van der Waals surface area contributed by atoms with E-state index in [-0.39, 0.29) is 18.5 Å². The molecule has 1 amide bonds. The number of unbranched alkanes of at least 4 members (excludes halogenated alkanes) is 42. The van der Waals surface area contributed by atoms with Crippen LogP contribution in [0.25, 0.3) is 0 Å². The Labute approximate surface area is 467 Å². The van der Waals surface area contributed by atoms with Crippen LogP contribution in [-0.4, -0.2) is 47.4 Å². The van der Waals surface area contributed by atoms with Crippen LogP contribution in [0, 0.1) is 0 Å². The minimum Gasteiger partial charge on any atom is -0.466 e. The first-order valence-corrected chi connectivity index (χ1v) is 33.1. The van der Waals surface area contributed by atoms with Gasteiger partial charge in [0.25, 0.3) is 0 Å². The summed E-state index contributed by atoms with van der Waals surface area (Å²) < 4.78 is 5.48. The maximum Gasteiger partial charge on any atom is 0.305 e. The van der Waals surface area contributed by atoms with E-state index in [0.29, 0.717) is 19.4 Å². The molecule has 0 saturated carbocycles. The summed E-state index contributed by atoms with van der Waals surface area (Å²) in [7, 11) is 0. The molecule has 6 nitrogen and oxygen atoms in total. The van der Waals surface area contributed by atoms with Crippen molar-refractivity contribution in [1.82, 2.24) is 5.32 Å². The van der Waals surface area contributed by atoms with Crippen LogP contribution in [0.5, 0.6) is 0 Å². The van der Waals surface area contributed by atoms with Crippen molar-refractivity contribution < 1.29 is 24.5 Å². The zero-order chi connectivity index (χ0) is 54.3. The van der Waals surface area contributed by atoms with Crippen LogP contribution in [-0.2, 0) is 14.3 Å². The third-order valence-corrected chi connectivity index (χ3v) is 15.0. The van der Waals surface area contributed by atoms with E-state index in [4.69, 9.17) is 4.74 Å². The Morgan fingerprint density at radius 1 is 0.373 bits per heavy atom. The van der Waals surface area contributed by atoms with Crippen molar-refractivity contribution in [3.8, 4) is 0 Å². The van der Waals surface area contributed by atoms with E-state index in [1.807, 2.05) is 6.08 Å². The zero-order valence-electron chi connectivity index (χ0n) is 50.0. The van der Waals surface area contributed by atoms with E-state index in [0.717, 1.165) is 57.8 Å². The molecule has 0 saturated heterocycles. The highest BCUT2D eigenvalue weighted by Crippen LogP contribution is 2.17. The number of aliphatic hydroxyl groups is 2. The van der Waals surface area contributed by atoms with Crippen LogP contribution in [0.4, 0.5) is 0 Å². The Morgan fingerprint density at radius 2 is 0.667 bits per heavy atom. The summed E-state index contributed by atoms with van der Waals surface area (Å²) in [6.45, 7) is 4.87. The van der Waals surface area contributed by atoms with Crippen molar-refractivity contribution in [2.45, 2.75) is 353 Å². The zero-order valence-corrected chi connectivity index (χ0v) is 50.0. The molecule has 0 spiro atoms. The SMILES string of the molecule is CCCCC/C=C\C/C=C\CCCCCCCC(=O)OCCCCCCCCCCC/C=C\C/C=C\CCCCCCCCCCCCCCCCCC(=O)NC(CO)C(O)/C=C/CCCCCCCCCCCC. The quantitative estimate of drug-likeness (QED) is 0.0320. The summed E-state index contributed by atoms with van der Waals surface area (Å²) in [5.74, 6) is -0.0696. The van der Waals surface area contributed by atoms with Gasteiger partial charge in [-0.3, -0.25) is 9.59 Å². The molecule has 0 fully saturated rings. The highest BCUT2D eigenvalue weighted by atomic mass is 16.5. The smallest absolute Gasteiger partial charge is 0.305 e. The van der Waals surface area contributed by atoms with Crippen LogP contribution in [0.2, 0.25) is 0 Å². The number of hydrogen-bond acceptors (Lipinski definition) is 5. The van der Waals surface area contributed by atoms with Gasteiger partial charge in [0.05, 0.1) is 25.4 Å². The van der Waals surface area contributed by atoms with Gasteiger partial charge in [-0.15, -0.1) is 0 Å². The van der Waals surface area contributed by atoms with Gasteiger partial charge in [-0.1, -0.05) is 293 Å².